The van der Waals surface area contributed by atoms with Crippen LogP contribution in [0.4, 0.5) is 5.69 Å². The number of fused-ring (bicyclic) bond motifs is 2. The van der Waals surface area contributed by atoms with Crippen molar-refractivity contribution >= 4 is 28.3 Å². The van der Waals surface area contributed by atoms with Gasteiger partial charge in [0.15, 0.2) is 0 Å². The molecule has 5 rings (SSSR count). The third-order valence-electron chi connectivity index (χ3n) is 5.42. The summed E-state index contributed by atoms with van der Waals surface area (Å²) < 4.78 is 5.60. The largest absolute Gasteiger partial charge is 0.454 e. The summed E-state index contributed by atoms with van der Waals surface area (Å²) in [6.45, 7) is 0. The zero-order chi connectivity index (χ0) is 20.5. The van der Waals surface area contributed by atoms with E-state index in [9.17, 15) is 9.59 Å². The minimum Gasteiger partial charge on any atom is -0.454 e. The molecule has 0 saturated carbocycles. The highest BCUT2D eigenvalue weighted by molar-refractivity contribution is 6.06. The van der Waals surface area contributed by atoms with Gasteiger partial charge in [-0.1, -0.05) is 60.7 Å². The Labute approximate surface area is 174 Å². The lowest BCUT2D eigenvalue weighted by atomic mass is 9.93. The van der Waals surface area contributed by atoms with E-state index in [1.165, 1.54) is 0 Å². The first-order chi connectivity index (χ1) is 14.7. The number of benzene rings is 4. The molecule has 1 N–H and O–H groups in total. The van der Waals surface area contributed by atoms with Crippen LogP contribution in [0.2, 0.25) is 0 Å². The van der Waals surface area contributed by atoms with Crippen LogP contribution in [0, 0.1) is 0 Å². The van der Waals surface area contributed by atoms with Crippen molar-refractivity contribution in [3.05, 3.63) is 113 Å². The Morgan fingerprint density at radius 3 is 2.43 bits per heavy atom. The predicted molar refractivity (Wildman–Crippen MR) is 117 cm³/mol. The van der Waals surface area contributed by atoms with Gasteiger partial charge >= 0.3 is 5.97 Å². The Kier molecular flexibility index (Phi) is 4.52. The van der Waals surface area contributed by atoms with Crippen molar-refractivity contribution in [2.45, 2.75) is 12.5 Å². The number of rotatable bonds is 3. The number of carbonyl (C=O) groups is 2. The molecular formula is C26H19NO3. The van der Waals surface area contributed by atoms with E-state index in [2.05, 4.69) is 5.32 Å². The van der Waals surface area contributed by atoms with Gasteiger partial charge in [0.2, 0.25) is 0 Å². The minimum atomic E-state index is -0.355. The number of ether oxygens (including phenoxy) is 1. The molecule has 1 heterocycles. The van der Waals surface area contributed by atoms with Crippen molar-refractivity contribution < 1.29 is 14.3 Å². The lowest BCUT2D eigenvalue weighted by Crippen LogP contribution is -2.23. The second kappa shape index (κ2) is 7.48. The van der Waals surface area contributed by atoms with Crippen molar-refractivity contribution in [3.8, 4) is 0 Å². The average Bonchev–Trinajstić information content (AvgIpc) is 2.79. The fourth-order valence-electron chi connectivity index (χ4n) is 3.86. The molecule has 1 unspecified atom stereocenters. The van der Waals surface area contributed by atoms with Crippen LogP contribution < -0.4 is 5.32 Å². The lowest BCUT2D eigenvalue weighted by molar-refractivity contribution is 0.0252. The van der Waals surface area contributed by atoms with Gasteiger partial charge in [-0.2, -0.15) is 0 Å². The Bertz CT molecular complexity index is 1260. The van der Waals surface area contributed by atoms with Crippen LogP contribution in [-0.4, -0.2) is 11.9 Å². The zero-order valence-electron chi connectivity index (χ0n) is 16.2. The van der Waals surface area contributed by atoms with Crippen LogP contribution in [-0.2, 0) is 11.2 Å². The quantitative estimate of drug-likeness (QED) is 0.465. The second-order valence-electron chi connectivity index (χ2n) is 7.40. The molecule has 0 spiro atoms. The third-order valence-corrected chi connectivity index (χ3v) is 5.42. The van der Waals surface area contributed by atoms with Gasteiger partial charge in [-0.25, -0.2) is 4.79 Å². The number of amides is 1. The van der Waals surface area contributed by atoms with E-state index in [4.69, 9.17) is 4.74 Å². The number of carbonyl (C=O) groups excluding carboxylic acids is 2. The first-order valence-corrected chi connectivity index (χ1v) is 9.86. The van der Waals surface area contributed by atoms with Crippen molar-refractivity contribution in [3.63, 3.8) is 0 Å². The van der Waals surface area contributed by atoms with E-state index in [-0.39, 0.29) is 18.0 Å². The molecule has 4 aromatic carbocycles. The number of nitrogens with one attached hydrogen (secondary N) is 1. The highest BCUT2D eigenvalue weighted by Gasteiger charge is 2.28. The maximum absolute atomic E-state index is 12.8. The molecule has 1 aliphatic rings. The minimum absolute atomic E-state index is 0.205. The van der Waals surface area contributed by atoms with Crippen molar-refractivity contribution in [1.29, 1.82) is 0 Å². The maximum atomic E-state index is 12.8. The van der Waals surface area contributed by atoms with Crippen molar-refractivity contribution in [1.82, 2.24) is 0 Å². The smallest absolute Gasteiger partial charge is 0.339 e. The highest BCUT2D eigenvalue weighted by Crippen LogP contribution is 2.31. The topological polar surface area (TPSA) is 55.4 Å². The van der Waals surface area contributed by atoms with Gasteiger partial charge in [-0.15, -0.1) is 0 Å². The summed E-state index contributed by atoms with van der Waals surface area (Å²) in [7, 11) is 0. The standard InChI is InChI=1S/C26H19NO3/c28-25(27-22-12-10-17-6-4-5-9-19(17)15-22)20-11-13-23-21(14-20)16-24(30-26(23)29)18-7-2-1-3-8-18/h1-15,24H,16H2,(H,27,28). The van der Waals surface area contributed by atoms with E-state index in [1.807, 2.05) is 72.8 Å². The molecule has 0 aromatic heterocycles. The molecule has 0 saturated heterocycles. The first kappa shape index (κ1) is 18.1. The molecule has 0 radical (unpaired) electrons. The number of esters is 1. The van der Waals surface area contributed by atoms with E-state index in [1.54, 1.807) is 18.2 Å². The van der Waals surface area contributed by atoms with Gasteiger partial charge in [0.05, 0.1) is 5.56 Å². The van der Waals surface area contributed by atoms with Crippen LogP contribution >= 0.6 is 0 Å². The van der Waals surface area contributed by atoms with Crippen LogP contribution in [0.25, 0.3) is 10.8 Å². The zero-order valence-corrected chi connectivity index (χ0v) is 16.2. The summed E-state index contributed by atoms with van der Waals surface area (Å²) in [5.41, 5.74) is 3.54. The molecule has 0 fully saturated rings. The molecule has 146 valence electrons. The van der Waals surface area contributed by atoms with Crippen molar-refractivity contribution in [2.24, 2.45) is 0 Å². The maximum Gasteiger partial charge on any atom is 0.339 e. The summed E-state index contributed by atoms with van der Waals surface area (Å²) in [6, 6.07) is 28.6. The van der Waals surface area contributed by atoms with E-state index in [0.29, 0.717) is 17.5 Å². The monoisotopic (exact) mass is 393 g/mol. The molecule has 0 bridgehead atoms. The summed E-state index contributed by atoms with van der Waals surface area (Å²) in [4.78, 5) is 25.3. The van der Waals surface area contributed by atoms with Gasteiger partial charge < -0.3 is 10.1 Å². The van der Waals surface area contributed by atoms with E-state index < -0.39 is 0 Å². The van der Waals surface area contributed by atoms with Gasteiger partial charge in [-0.3, -0.25) is 4.79 Å². The van der Waals surface area contributed by atoms with Crippen LogP contribution in [0.5, 0.6) is 0 Å². The second-order valence-corrected chi connectivity index (χ2v) is 7.40. The fraction of sp³-hybridized carbons (Fsp3) is 0.0769. The molecule has 4 aromatic rings. The van der Waals surface area contributed by atoms with Crippen LogP contribution in [0.15, 0.2) is 91.0 Å². The summed E-state index contributed by atoms with van der Waals surface area (Å²) in [5.74, 6) is -0.560. The number of hydrogen-bond acceptors (Lipinski definition) is 3. The van der Waals surface area contributed by atoms with Crippen molar-refractivity contribution in [2.75, 3.05) is 5.32 Å². The van der Waals surface area contributed by atoms with Gasteiger partial charge in [0.1, 0.15) is 6.10 Å². The SMILES string of the molecule is O=C(Nc1ccc2ccccc2c1)c1ccc2c(c1)CC(c1ccccc1)OC2=O. The van der Waals surface area contributed by atoms with E-state index >= 15 is 0 Å². The van der Waals surface area contributed by atoms with Gasteiger partial charge in [0, 0.05) is 17.7 Å². The third kappa shape index (κ3) is 3.44. The summed E-state index contributed by atoms with van der Waals surface area (Å²) in [6.07, 6.45) is 0.201. The molecule has 30 heavy (non-hydrogen) atoms. The molecule has 4 nitrogen and oxygen atoms in total. The van der Waals surface area contributed by atoms with Crippen LogP contribution in [0.1, 0.15) is 37.9 Å². The van der Waals surface area contributed by atoms with Crippen LogP contribution in [0.3, 0.4) is 0 Å². The Morgan fingerprint density at radius 1 is 0.833 bits per heavy atom. The molecule has 1 atom stereocenters. The molecular weight excluding hydrogens is 374 g/mol. The first-order valence-electron chi connectivity index (χ1n) is 9.86. The molecule has 1 amide bonds. The number of cyclic esters (lactones) is 1. The number of hydrogen-bond donors (Lipinski definition) is 1. The normalized spacial score (nSPS) is 15.3. The Hall–Kier alpha value is -3.92. The highest BCUT2D eigenvalue weighted by atomic mass is 16.5. The number of anilines is 1. The summed E-state index contributed by atoms with van der Waals surface area (Å²) >= 11 is 0. The lowest BCUT2D eigenvalue weighted by Gasteiger charge is -2.25. The average molecular weight is 393 g/mol. The fourth-order valence-corrected chi connectivity index (χ4v) is 3.86. The Morgan fingerprint density at radius 2 is 1.60 bits per heavy atom. The van der Waals surface area contributed by atoms with Gasteiger partial charge in [-0.05, 0) is 52.2 Å². The van der Waals surface area contributed by atoms with E-state index in [0.717, 1.165) is 27.6 Å². The molecule has 0 aliphatic carbocycles. The molecule has 4 heteroatoms. The van der Waals surface area contributed by atoms with Gasteiger partial charge in [0.25, 0.3) is 5.91 Å². The predicted octanol–water partition coefficient (Wildman–Crippen LogP) is 5.55. The Balaban J connectivity index is 1.40. The summed E-state index contributed by atoms with van der Waals surface area (Å²) in [5, 5.41) is 5.14. The molecule has 1 aliphatic heterocycles.